The van der Waals surface area contributed by atoms with Crippen LogP contribution in [0.2, 0.25) is 0 Å². The van der Waals surface area contributed by atoms with Crippen molar-refractivity contribution in [2.24, 2.45) is 0 Å². The number of hydrogen-bond acceptors (Lipinski definition) is 4. The Labute approximate surface area is 326 Å². The predicted molar refractivity (Wildman–Crippen MR) is 231 cm³/mol. The van der Waals surface area contributed by atoms with Gasteiger partial charge in [0.2, 0.25) is 0 Å². The molecule has 2 aliphatic heterocycles. The van der Waals surface area contributed by atoms with E-state index in [0.29, 0.717) is 0 Å². The van der Waals surface area contributed by atoms with Crippen LogP contribution in [0.5, 0.6) is 23.0 Å². The lowest BCUT2D eigenvalue weighted by molar-refractivity contribution is 0.465. The van der Waals surface area contributed by atoms with Gasteiger partial charge in [-0.1, -0.05) is 127 Å². The Hall–Kier alpha value is -6.98. The number of nitrogens with zero attached hydrogens (tertiary/aromatic N) is 1. The molecule has 0 amide bonds. The molecule has 11 rings (SSSR count). The number of para-hydroxylation sites is 1. The zero-order valence-electron chi connectivity index (χ0n) is 31.3. The fraction of sp³-hybridized carbons (Fsp3) is 0.0588. The van der Waals surface area contributed by atoms with Gasteiger partial charge >= 0.3 is 0 Å². The summed E-state index contributed by atoms with van der Waals surface area (Å²) in [5.41, 5.74) is 15.9. The van der Waals surface area contributed by atoms with Gasteiger partial charge in [-0.05, 0) is 94.9 Å². The Bertz CT molecular complexity index is 2910. The summed E-state index contributed by atoms with van der Waals surface area (Å²) in [6.45, 7) is 6.40. The molecule has 0 saturated heterocycles. The smallest absolute Gasteiger partial charge is 0.260 e. The maximum Gasteiger partial charge on any atom is 0.260 e. The third-order valence-electron chi connectivity index (χ3n) is 11.5. The molecule has 0 bridgehead atoms. The van der Waals surface area contributed by atoms with Gasteiger partial charge in [0.25, 0.3) is 6.71 Å². The Kier molecular flexibility index (Phi) is 7.27. The number of furan rings is 1. The van der Waals surface area contributed by atoms with E-state index in [2.05, 4.69) is 177 Å². The molecule has 0 spiro atoms. The first-order valence-corrected chi connectivity index (χ1v) is 19.2. The lowest BCUT2D eigenvalue weighted by Crippen LogP contribution is -2.57. The first-order chi connectivity index (χ1) is 27.5. The summed E-state index contributed by atoms with van der Waals surface area (Å²) in [5, 5.41) is 2.17. The summed E-state index contributed by atoms with van der Waals surface area (Å²) in [6, 6.07) is 57.9. The topological polar surface area (TPSA) is 34.8 Å². The van der Waals surface area contributed by atoms with Crippen LogP contribution in [0.1, 0.15) is 16.7 Å². The van der Waals surface area contributed by atoms with Gasteiger partial charge in [-0.3, -0.25) is 0 Å². The molecule has 0 unspecified atom stereocenters. The standard InChI is InChI=1S/C51H36BNO3/c1-31-18-19-32(2)43(26-31)53(50-33(3)20-23-40-39-16-10-11-17-44(39)56-51(40)50)38-29-47-49-48(30-38)55-46-28-37(35-14-8-5-9-15-35)22-25-42(46)52(49)41-24-21-36(27-45(41)54-47)34-12-6-4-7-13-34/h4-30H,1-3H3. The summed E-state index contributed by atoms with van der Waals surface area (Å²) < 4.78 is 20.8. The van der Waals surface area contributed by atoms with E-state index < -0.39 is 0 Å². The monoisotopic (exact) mass is 721 g/mol. The van der Waals surface area contributed by atoms with Crippen LogP contribution in [0.4, 0.5) is 17.1 Å². The van der Waals surface area contributed by atoms with E-state index >= 15 is 0 Å². The molecule has 2 aliphatic rings. The molecule has 1 aromatic heterocycles. The van der Waals surface area contributed by atoms with Crippen molar-refractivity contribution in [3.05, 3.63) is 180 Å². The van der Waals surface area contributed by atoms with Gasteiger partial charge in [-0.25, -0.2) is 0 Å². The molecule has 0 saturated carbocycles. The number of aryl methyl sites for hydroxylation is 3. The van der Waals surface area contributed by atoms with Crippen molar-refractivity contribution < 1.29 is 13.9 Å². The number of fused-ring (bicyclic) bond motifs is 7. The zero-order chi connectivity index (χ0) is 37.5. The maximum atomic E-state index is 7.05. The van der Waals surface area contributed by atoms with Crippen molar-refractivity contribution in [1.29, 1.82) is 0 Å². The fourth-order valence-corrected chi connectivity index (χ4v) is 8.73. The Morgan fingerprint density at radius 1 is 0.464 bits per heavy atom. The van der Waals surface area contributed by atoms with Gasteiger partial charge in [0.1, 0.15) is 28.6 Å². The number of anilines is 3. The molecule has 9 aromatic rings. The fourth-order valence-electron chi connectivity index (χ4n) is 8.73. The largest absolute Gasteiger partial charge is 0.458 e. The average molecular weight is 722 g/mol. The maximum absolute atomic E-state index is 7.05. The molecular weight excluding hydrogens is 685 g/mol. The molecule has 3 heterocycles. The summed E-state index contributed by atoms with van der Waals surface area (Å²) in [4.78, 5) is 2.34. The Balaban J connectivity index is 1.17. The second-order valence-corrected chi connectivity index (χ2v) is 15.1. The third-order valence-corrected chi connectivity index (χ3v) is 11.5. The quantitative estimate of drug-likeness (QED) is 0.166. The van der Waals surface area contributed by atoms with Crippen molar-refractivity contribution in [2.45, 2.75) is 20.8 Å². The second kappa shape index (κ2) is 12.5. The summed E-state index contributed by atoms with van der Waals surface area (Å²) in [7, 11) is 0. The second-order valence-electron chi connectivity index (χ2n) is 15.1. The van der Waals surface area contributed by atoms with Gasteiger partial charge in [-0.2, -0.15) is 0 Å². The molecule has 0 fully saturated rings. The minimum absolute atomic E-state index is 0.0779. The van der Waals surface area contributed by atoms with E-state index in [-0.39, 0.29) is 6.71 Å². The van der Waals surface area contributed by atoms with Gasteiger partial charge in [0.05, 0.1) is 11.4 Å². The van der Waals surface area contributed by atoms with Crippen LogP contribution in [0, 0.1) is 20.8 Å². The van der Waals surface area contributed by atoms with E-state index in [1.165, 1.54) is 5.56 Å². The summed E-state index contributed by atoms with van der Waals surface area (Å²) >= 11 is 0. The SMILES string of the molecule is Cc1ccc(C)c(N(c2cc3c4c(c2)Oc2cc(-c5ccccc5)ccc2B4c2ccc(-c4ccccc4)cc2O3)c2c(C)ccc3c2oc2ccccc23)c1. The molecule has 8 aromatic carbocycles. The number of ether oxygens (including phenoxy) is 2. The van der Waals surface area contributed by atoms with E-state index in [1.807, 2.05) is 12.1 Å². The molecule has 266 valence electrons. The van der Waals surface area contributed by atoms with Crippen LogP contribution in [-0.4, -0.2) is 6.71 Å². The summed E-state index contributed by atoms with van der Waals surface area (Å²) in [5.74, 6) is 3.26. The van der Waals surface area contributed by atoms with Crippen LogP contribution in [0.25, 0.3) is 44.2 Å². The summed E-state index contributed by atoms with van der Waals surface area (Å²) in [6.07, 6.45) is 0. The van der Waals surface area contributed by atoms with Crippen LogP contribution in [0.15, 0.2) is 168 Å². The highest BCUT2D eigenvalue weighted by atomic mass is 16.5. The van der Waals surface area contributed by atoms with Gasteiger partial charge < -0.3 is 18.8 Å². The van der Waals surface area contributed by atoms with Crippen molar-refractivity contribution in [1.82, 2.24) is 0 Å². The van der Waals surface area contributed by atoms with Crippen molar-refractivity contribution in [3.8, 4) is 45.3 Å². The average Bonchev–Trinajstić information content (AvgIpc) is 3.61. The molecule has 0 atom stereocenters. The van der Waals surface area contributed by atoms with Gasteiger partial charge in [-0.15, -0.1) is 0 Å². The Morgan fingerprint density at radius 3 is 1.70 bits per heavy atom. The highest BCUT2D eigenvalue weighted by molar-refractivity contribution is 6.98. The van der Waals surface area contributed by atoms with E-state index in [4.69, 9.17) is 13.9 Å². The lowest BCUT2D eigenvalue weighted by atomic mass is 9.34. The predicted octanol–water partition coefficient (Wildman–Crippen LogP) is 12.0. The van der Waals surface area contributed by atoms with Crippen LogP contribution < -0.4 is 30.8 Å². The Morgan fingerprint density at radius 2 is 1.05 bits per heavy atom. The van der Waals surface area contributed by atoms with Crippen molar-refractivity contribution >= 4 is 62.1 Å². The zero-order valence-corrected chi connectivity index (χ0v) is 31.3. The molecule has 56 heavy (non-hydrogen) atoms. The number of rotatable bonds is 5. The highest BCUT2D eigenvalue weighted by Gasteiger charge is 2.41. The molecule has 0 aliphatic carbocycles. The molecule has 0 N–H and O–H groups in total. The first-order valence-electron chi connectivity index (χ1n) is 19.2. The van der Waals surface area contributed by atoms with E-state index in [9.17, 15) is 0 Å². The lowest BCUT2D eigenvalue weighted by Gasteiger charge is -2.35. The van der Waals surface area contributed by atoms with Crippen molar-refractivity contribution in [2.75, 3.05) is 4.90 Å². The van der Waals surface area contributed by atoms with Crippen molar-refractivity contribution in [3.63, 3.8) is 0 Å². The normalized spacial score (nSPS) is 12.4. The minimum Gasteiger partial charge on any atom is -0.458 e. The molecular formula is C51H36BNO3. The van der Waals surface area contributed by atoms with Crippen LogP contribution in [0.3, 0.4) is 0 Å². The minimum atomic E-state index is -0.0779. The molecule has 5 heteroatoms. The van der Waals surface area contributed by atoms with Gasteiger partial charge in [0.15, 0.2) is 5.58 Å². The molecule has 0 radical (unpaired) electrons. The first kappa shape index (κ1) is 32.5. The van der Waals surface area contributed by atoms with E-state index in [1.54, 1.807) is 0 Å². The highest BCUT2D eigenvalue weighted by Crippen LogP contribution is 2.48. The van der Waals surface area contributed by atoms with Crippen LogP contribution in [-0.2, 0) is 0 Å². The third kappa shape index (κ3) is 5.08. The molecule has 4 nitrogen and oxygen atoms in total. The number of benzene rings is 8. The van der Waals surface area contributed by atoms with Gasteiger partial charge in [0, 0.05) is 34.1 Å². The van der Waals surface area contributed by atoms with Crippen LogP contribution >= 0.6 is 0 Å². The number of hydrogen-bond donors (Lipinski definition) is 0. The van der Waals surface area contributed by atoms with E-state index in [0.717, 1.165) is 112 Å².